The number of anilines is 1. The lowest BCUT2D eigenvalue weighted by Crippen LogP contribution is -2.53. The summed E-state index contributed by atoms with van der Waals surface area (Å²) in [5, 5.41) is 9.43. The minimum atomic E-state index is 0.281. The maximum Gasteiger partial charge on any atom is 0.237 e. The van der Waals surface area contributed by atoms with Crippen molar-refractivity contribution in [1.82, 2.24) is 9.80 Å². The summed E-state index contributed by atoms with van der Waals surface area (Å²) in [4.78, 5) is 19.8. The molecule has 0 atom stereocenters. The Labute approximate surface area is 157 Å². The number of carbonyl (C=O) groups excluding carboxylic acids is 1. The van der Waals surface area contributed by atoms with Gasteiger partial charge in [-0.2, -0.15) is 0 Å². The van der Waals surface area contributed by atoms with Crippen molar-refractivity contribution in [2.24, 2.45) is 0 Å². The maximum absolute atomic E-state index is 13.0. The molecule has 1 N–H and O–H groups in total. The molecular weight excluding hydrogens is 326 g/mol. The van der Waals surface area contributed by atoms with Gasteiger partial charge in [-0.3, -0.25) is 9.69 Å². The Morgan fingerprint density at radius 3 is 2.27 bits per heavy atom. The molecule has 1 aromatic carbocycles. The van der Waals surface area contributed by atoms with Crippen LogP contribution in [0.1, 0.15) is 46.0 Å². The van der Waals surface area contributed by atoms with E-state index >= 15 is 0 Å². The van der Waals surface area contributed by atoms with Gasteiger partial charge in [0.25, 0.3) is 0 Å². The number of nitrogens with zero attached hydrogens (tertiary/aromatic N) is 3. The van der Waals surface area contributed by atoms with Gasteiger partial charge in [-0.05, 0) is 51.0 Å². The van der Waals surface area contributed by atoms with Gasteiger partial charge in [-0.1, -0.05) is 19.3 Å². The Kier molecular flexibility index (Phi) is 6.41. The number of phenols is 1. The van der Waals surface area contributed by atoms with E-state index in [1.807, 2.05) is 12.1 Å². The lowest BCUT2D eigenvalue weighted by Gasteiger charge is -2.40. The second-order valence-corrected chi connectivity index (χ2v) is 7.97. The number of phenolic OH excluding ortho intramolecular Hbond substituents is 1. The Hall–Kier alpha value is -1.75. The summed E-state index contributed by atoms with van der Waals surface area (Å²) in [6, 6.07) is 8.10. The first-order valence-electron chi connectivity index (χ1n) is 10.1. The van der Waals surface area contributed by atoms with Gasteiger partial charge in [-0.15, -0.1) is 0 Å². The van der Waals surface area contributed by atoms with E-state index in [0.29, 0.717) is 24.2 Å². The van der Waals surface area contributed by atoms with Gasteiger partial charge >= 0.3 is 0 Å². The van der Waals surface area contributed by atoms with Gasteiger partial charge in [0.1, 0.15) is 5.75 Å². The van der Waals surface area contributed by atoms with Crippen molar-refractivity contribution in [1.29, 1.82) is 0 Å². The monoisotopic (exact) mass is 359 g/mol. The molecule has 2 aliphatic rings. The zero-order valence-corrected chi connectivity index (χ0v) is 16.2. The first-order valence-corrected chi connectivity index (χ1v) is 10.1. The molecule has 0 unspecified atom stereocenters. The van der Waals surface area contributed by atoms with Crippen LogP contribution in [0.4, 0.5) is 5.69 Å². The fourth-order valence-electron chi connectivity index (χ4n) is 4.37. The highest BCUT2D eigenvalue weighted by atomic mass is 16.3. The Morgan fingerprint density at radius 1 is 1.08 bits per heavy atom. The van der Waals surface area contributed by atoms with Crippen LogP contribution in [0.3, 0.4) is 0 Å². The summed E-state index contributed by atoms with van der Waals surface area (Å²) in [6.07, 6.45) is 6.16. The van der Waals surface area contributed by atoms with Crippen LogP contribution in [-0.2, 0) is 4.79 Å². The molecule has 144 valence electrons. The van der Waals surface area contributed by atoms with Crippen LogP contribution < -0.4 is 4.90 Å². The molecule has 1 aromatic rings. The molecule has 1 amide bonds. The van der Waals surface area contributed by atoms with Crippen LogP contribution >= 0.6 is 0 Å². The molecule has 0 radical (unpaired) electrons. The zero-order valence-electron chi connectivity index (χ0n) is 16.2. The smallest absolute Gasteiger partial charge is 0.237 e. The highest BCUT2D eigenvalue weighted by Gasteiger charge is 2.29. The Balaban J connectivity index is 1.52. The molecule has 1 aliphatic carbocycles. The van der Waals surface area contributed by atoms with Crippen LogP contribution in [0.25, 0.3) is 0 Å². The molecule has 5 nitrogen and oxygen atoms in total. The molecule has 1 aliphatic heterocycles. The maximum atomic E-state index is 13.0. The predicted octanol–water partition coefficient (Wildman–Crippen LogP) is 3.08. The fourth-order valence-corrected chi connectivity index (χ4v) is 4.37. The second-order valence-electron chi connectivity index (χ2n) is 7.97. The molecule has 0 aromatic heterocycles. The average Bonchev–Trinajstić information content (AvgIpc) is 2.64. The number of carbonyl (C=O) groups is 1. The van der Waals surface area contributed by atoms with Gasteiger partial charge in [0, 0.05) is 44.0 Å². The van der Waals surface area contributed by atoms with Crippen LogP contribution in [0.2, 0.25) is 0 Å². The molecule has 1 saturated carbocycles. The zero-order chi connectivity index (χ0) is 18.5. The van der Waals surface area contributed by atoms with Gasteiger partial charge in [0.05, 0.1) is 6.54 Å². The van der Waals surface area contributed by atoms with Gasteiger partial charge in [0.2, 0.25) is 5.91 Å². The van der Waals surface area contributed by atoms with E-state index in [1.54, 1.807) is 12.1 Å². The summed E-state index contributed by atoms with van der Waals surface area (Å²) in [5.41, 5.74) is 1.14. The van der Waals surface area contributed by atoms with Crippen LogP contribution in [0.5, 0.6) is 5.75 Å². The number of hydrogen-bond donors (Lipinski definition) is 1. The minimum Gasteiger partial charge on any atom is -0.508 e. The molecule has 0 bridgehead atoms. The number of amides is 1. The Morgan fingerprint density at radius 2 is 1.69 bits per heavy atom. The van der Waals surface area contributed by atoms with Crippen molar-refractivity contribution in [3.63, 3.8) is 0 Å². The third-order valence-corrected chi connectivity index (χ3v) is 5.76. The van der Waals surface area contributed by atoms with Crippen molar-refractivity contribution < 1.29 is 9.90 Å². The first-order chi connectivity index (χ1) is 12.5. The number of benzene rings is 1. The van der Waals surface area contributed by atoms with Gasteiger partial charge < -0.3 is 14.9 Å². The third-order valence-electron chi connectivity index (χ3n) is 5.76. The second kappa shape index (κ2) is 8.76. The molecule has 0 spiro atoms. The van der Waals surface area contributed by atoms with Gasteiger partial charge in [0.15, 0.2) is 0 Å². The molecule has 3 rings (SSSR count). The summed E-state index contributed by atoms with van der Waals surface area (Å²) in [7, 11) is 0. The fraction of sp³-hybridized carbons (Fsp3) is 0.667. The van der Waals surface area contributed by atoms with Gasteiger partial charge in [-0.25, -0.2) is 0 Å². The average molecular weight is 360 g/mol. The SMILES string of the molecule is CC(C)N(C(=O)CN1CCN(c2ccc(O)cc2)CC1)C1CCCCC1. The normalized spacial score (nSPS) is 19.7. The van der Waals surface area contributed by atoms with Crippen molar-refractivity contribution in [3.05, 3.63) is 24.3 Å². The van der Waals surface area contributed by atoms with Crippen LogP contribution in [-0.4, -0.2) is 65.6 Å². The quantitative estimate of drug-likeness (QED) is 0.878. The molecule has 2 fully saturated rings. The van der Waals surface area contributed by atoms with E-state index in [0.717, 1.165) is 31.9 Å². The highest BCUT2D eigenvalue weighted by Crippen LogP contribution is 2.25. The number of aromatic hydroxyl groups is 1. The first kappa shape index (κ1) is 19.0. The molecule has 5 heteroatoms. The van der Waals surface area contributed by atoms with Crippen LogP contribution in [0, 0.1) is 0 Å². The van der Waals surface area contributed by atoms with Crippen molar-refractivity contribution >= 4 is 11.6 Å². The van der Waals surface area contributed by atoms with E-state index in [9.17, 15) is 9.90 Å². The largest absolute Gasteiger partial charge is 0.508 e. The van der Waals surface area contributed by atoms with Crippen molar-refractivity contribution in [2.75, 3.05) is 37.6 Å². The van der Waals surface area contributed by atoms with E-state index in [4.69, 9.17) is 0 Å². The predicted molar refractivity (Wildman–Crippen MR) is 106 cm³/mol. The summed E-state index contributed by atoms with van der Waals surface area (Å²) in [5.74, 6) is 0.597. The van der Waals surface area contributed by atoms with Crippen molar-refractivity contribution in [3.8, 4) is 5.75 Å². The minimum absolute atomic E-state index is 0.281. The summed E-state index contributed by atoms with van der Waals surface area (Å²) < 4.78 is 0. The lowest BCUT2D eigenvalue weighted by molar-refractivity contribution is -0.137. The van der Waals surface area contributed by atoms with E-state index in [-0.39, 0.29) is 6.04 Å². The number of rotatable bonds is 5. The standard InChI is InChI=1S/C21H33N3O2/c1-17(2)24(19-6-4-3-5-7-19)21(26)16-22-12-14-23(15-13-22)18-8-10-20(25)11-9-18/h8-11,17,19,25H,3-7,12-16H2,1-2H3. The molecule has 1 heterocycles. The number of hydrogen-bond acceptors (Lipinski definition) is 4. The molecule has 26 heavy (non-hydrogen) atoms. The molecule has 1 saturated heterocycles. The summed E-state index contributed by atoms with van der Waals surface area (Å²) >= 11 is 0. The highest BCUT2D eigenvalue weighted by molar-refractivity contribution is 5.79. The van der Waals surface area contributed by atoms with Crippen LogP contribution in [0.15, 0.2) is 24.3 Å². The van der Waals surface area contributed by atoms with Crippen molar-refractivity contribution in [2.45, 2.75) is 58.0 Å². The number of piperazine rings is 1. The Bertz CT molecular complexity index is 573. The third kappa shape index (κ3) is 4.70. The van der Waals surface area contributed by atoms with E-state index < -0.39 is 0 Å². The summed E-state index contributed by atoms with van der Waals surface area (Å²) in [6.45, 7) is 8.49. The van der Waals surface area contributed by atoms with E-state index in [1.165, 1.54) is 32.1 Å². The van der Waals surface area contributed by atoms with E-state index in [2.05, 4.69) is 28.5 Å². The lowest BCUT2D eigenvalue weighted by atomic mass is 9.93. The topological polar surface area (TPSA) is 47.0 Å². The molecular formula is C21H33N3O2.